The van der Waals surface area contributed by atoms with Crippen molar-refractivity contribution in [2.45, 2.75) is 56.7 Å². The number of carboxylic acids is 1. The van der Waals surface area contributed by atoms with E-state index in [4.69, 9.17) is 0 Å². The summed E-state index contributed by atoms with van der Waals surface area (Å²) in [6.07, 6.45) is 0.580. The largest absolute Gasteiger partial charge is 1.00 e. The predicted molar refractivity (Wildman–Crippen MR) is 78.7 cm³/mol. The third-order valence-corrected chi connectivity index (χ3v) is 4.43. The fraction of sp³-hybridized carbons (Fsp3) is 0.529. The average Bonchev–Trinajstić information content (AvgIpc) is 2.47. The second kappa shape index (κ2) is 8.92. The Hall–Kier alpha value is -0.980. The zero-order valence-corrected chi connectivity index (χ0v) is 16.0. The van der Waals surface area contributed by atoms with Crippen LogP contribution in [0.3, 0.4) is 0 Å². The summed E-state index contributed by atoms with van der Waals surface area (Å²) in [7, 11) is 0. The Morgan fingerprint density at radius 1 is 1.29 bits per heavy atom. The zero-order valence-electron chi connectivity index (χ0n) is 14.0. The molecule has 24 heavy (non-hydrogen) atoms. The van der Waals surface area contributed by atoms with Gasteiger partial charge in [0, 0.05) is 18.4 Å². The number of carboxylic acid groups (broad SMARTS) is 1. The maximum absolute atomic E-state index is 13.5. The van der Waals surface area contributed by atoms with E-state index in [0.717, 1.165) is 0 Å². The summed E-state index contributed by atoms with van der Waals surface area (Å²) in [4.78, 5) is 23.7. The number of alkyl halides is 1. The maximum atomic E-state index is 13.5. The normalized spacial score (nSPS) is 22.8. The molecule has 0 aromatic heterocycles. The Morgan fingerprint density at radius 2 is 1.92 bits per heavy atom. The molecule has 1 N–H and O–H groups in total. The Morgan fingerprint density at radius 3 is 2.46 bits per heavy atom. The fourth-order valence-electron chi connectivity index (χ4n) is 3.03. The molecule has 7 heteroatoms. The van der Waals surface area contributed by atoms with E-state index >= 15 is 0 Å². The average molecular weight is 347 g/mol. The van der Waals surface area contributed by atoms with Crippen LogP contribution in [0.25, 0.3) is 0 Å². The van der Waals surface area contributed by atoms with Crippen LogP contribution in [-0.4, -0.2) is 24.1 Å². The molecule has 0 aliphatic heterocycles. The number of halogens is 2. The summed E-state index contributed by atoms with van der Waals surface area (Å²) in [5, 5.41) is 13.8. The van der Waals surface area contributed by atoms with Crippen LogP contribution in [0.1, 0.15) is 44.6 Å². The summed E-state index contributed by atoms with van der Waals surface area (Å²) in [5.41, 5.74) is -1.01. The zero-order chi connectivity index (χ0) is 17.0. The van der Waals surface area contributed by atoms with E-state index in [-0.39, 0.29) is 42.0 Å². The molecule has 126 valence electrons. The van der Waals surface area contributed by atoms with E-state index in [1.807, 2.05) is 0 Å². The van der Waals surface area contributed by atoms with Gasteiger partial charge < -0.3 is 15.2 Å². The molecule has 1 fully saturated rings. The van der Waals surface area contributed by atoms with Crippen LogP contribution in [0.15, 0.2) is 24.3 Å². The van der Waals surface area contributed by atoms with Crippen molar-refractivity contribution in [2.24, 2.45) is 0 Å². The first-order chi connectivity index (χ1) is 10.8. The van der Waals surface area contributed by atoms with Crippen LogP contribution in [0, 0.1) is 5.82 Å². The quantitative estimate of drug-likeness (QED) is 0.668. The van der Waals surface area contributed by atoms with Gasteiger partial charge in [0.1, 0.15) is 12.0 Å². The molecule has 2 rings (SSSR count). The third-order valence-electron chi connectivity index (χ3n) is 4.43. The van der Waals surface area contributed by atoms with Gasteiger partial charge in [-0.05, 0) is 50.3 Å². The second-order valence-electron chi connectivity index (χ2n) is 6.32. The molecule has 1 aromatic rings. The number of benzene rings is 1. The molecule has 0 spiro atoms. The van der Waals surface area contributed by atoms with Crippen LogP contribution in [0.5, 0.6) is 0 Å². The van der Waals surface area contributed by atoms with Crippen molar-refractivity contribution in [3.8, 4) is 0 Å². The smallest absolute Gasteiger partial charge is 0.550 e. The molecule has 1 aromatic carbocycles. The van der Waals surface area contributed by atoms with Crippen molar-refractivity contribution >= 4 is 11.9 Å². The molecule has 1 saturated carbocycles. The van der Waals surface area contributed by atoms with Crippen molar-refractivity contribution in [2.75, 3.05) is 0 Å². The fourth-order valence-corrected chi connectivity index (χ4v) is 3.03. The summed E-state index contributed by atoms with van der Waals surface area (Å²) in [6, 6.07) is 4.81. The van der Waals surface area contributed by atoms with E-state index in [9.17, 15) is 23.5 Å². The summed E-state index contributed by atoms with van der Waals surface area (Å²) in [5.74, 6) is -2.36. The van der Waals surface area contributed by atoms with Crippen LogP contribution >= 0.6 is 0 Å². The number of hydrogen-bond acceptors (Lipinski definition) is 3. The molecule has 1 amide bonds. The number of carbonyl (C=O) groups is 2. The predicted octanol–water partition coefficient (Wildman–Crippen LogP) is -1.38. The molecule has 3 atom stereocenters. The first-order valence-electron chi connectivity index (χ1n) is 7.72. The van der Waals surface area contributed by atoms with E-state index in [1.54, 1.807) is 0 Å². The van der Waals surface area contributed by atoms with Gasteiger partial charge in [-0.15, -0.1) is 0 Å². The van der Waals surface area contributed by atoms with Gasteiger partial charge in [-0.3, -0.25) is 4.79 Å². The summed E-state index contributed by atoms with van der Waals surface area (Å²) >= 11 is 0. The van der Waals surface area contributed by atoms with E-state index in [0.29, 0.717) is 24.8 Å². The molecule has 0 heterocycles. The second-order valence-corrected chi connectivity index (χ2v) is 6.32. The van der Waals surface area contributed by atoms with E-state index < -0.39 is 35.7 Å². The standard InChI is InChI=1S/C17H21F2NO3.Na/c1-17(10-15(21)22,11-5-7-12(18)8-6-11)16(23)20-14-4-2-3-13(19)9-14;/h5-8,13-14H,2-4,9-10H2,1H3,(H,20,23)(H,21,22);/q;+1/p-1. The van der Waals surface area contributed by atoms with Crippen LogP contribution in [0.2, 0.25) is 0 Å². The van der Waals surface area contributed by atoms with Gasteiger partial charge >= 0.3 is 29.6 Å². The number of rotatable bonds is 5. The van der Waals surface area contributed by atoms with Crippen LogP contribution in [-0.2, 0) is 15.0 Å². The minimum Gasteiger partial charge on any atom is -0.550 e. The Labute approximate surface area is 162 Å². The Kier molecular flexibility index (Phi) is 7.83. The van der Waals surface area contributed by atoms with Crippen LogP contribution in [0.4, 0.5) is 8.78 Å². The number of hydrogen-bond donors (Lipinski definition) is 1. The number of nitrogens with one attached hydrogen (secondary N) is 1. The molecular weight excluding hydrogens is 327 g/mol. The Balaban J connectivity index is 0.00000288. The molecule has 3 unspecified atom stereocenters. The van der Waals surface area contributed by atoms with Gasteiger partial charge in [-0.25, -0.2) is 8.78 Å². The van der Waals surface area contributed by atoms with Crippen molar-refractivity contribution < 1.29 is 53.0 Å². The van der Waals surface area contributed by atoms with Gasteiger partial charge in [-0.1, -0.05) is 12.1 Å². The number of aliphatic carboxylic acids is 1. The van der Waals surface area contributed by atoms with Gasteiger partial charge in [0.15, 0.2) is 0 Å². The van der Waals surface area contributed by atoms with E-state index in [2.05, 4.69) is 5.32 Å². The third kappa shape index (κ3) is 5.26. The van der Waals surface area contributed by atoms with Crippen LogP contribution < -0.4 is 40.0 Å². The molecule has 0 bridgehead atoms. The van der Waals surface area contributed by atoms with Gasteiger partial charge in [0.05, 0.1) is 5.41 Å². The van der Waals surface area contributed by atoms with Gasteiger partial charge in [-0.2, -0.15) is 0 Å². The molecular formula is C17H20F2NNaO3. The molecule has 0 radical (unpaired) electrons. The van der Waals surface area contributed by atoms with Crippen molar-refractivity contribution in [3.05, 3.63) is 35.6 Å². The summed E-state index contributed by atoms with van der Waals surface area (Å²) < 4.78 is 26.5. The maximum Gasteiger partial charge on any atom is 1.00 e. The van der Waals surface area contributed by atoms with Crippen molar-refractivity contribution in [1.82, 2.24) is 5.32 Å². The monoisotopic (exact) mass is 347 g/mol. The molecule has 0 saturated heterocycles. The van der Waals surface area contributed by atoms with Gasteiger partial charge in [0.25, 0.3) is 0 Å². The number of carbonyl (C=O) groups excluding carboxylic acids is 2. The first-order valence-corrected chi connectivity index (χ1v) is 7.72. The minimum atomic E-state index is -1.39. The Bertz CT molecular complexity index is 582. The molecule has 4 nitrogen and oxygen atoms in total. The van der Waals surface area contributed by atoms with Crippen molar-refractivity contribution in [3.63, 3.8) is 0 Å². The van der Waals surface area contributed by atoms with E-state index in [1.165, 1.54) is 31.2 Å². The topological polar surface area (TPSA) is 69.2 Å². The van der Waals surface area contributed by atoms with Gasteiger partial charge in [0.2, 0.25) is 5.91 Å². The first kappa shape index (κ1) is 21.1. The molecule has 1 aliphatic rings. The number of amides is 1. The van der Waals surface area contributed by atoms with Crippen molar-refractivity contribution in [1.29, 1.82) is 0 Å². The summed E-state index contributed by atoms with van der Waals surface area (Å²) in [6.45, 7) is 1.47. The molecule has 1 aliphatic carbocycles. The SMILES string of the molecule is CC(CC(=O)[O-])(C(=O)NC1CCCC(F)C1)c1ccc(F)cc1.[Na+]. The minimum absolute atomic E-state index is 0.